The Morgan fingerprint density at radius 2 is 1.29 bits per heavy atom. The van der Waals surface area contributed by atoms with E-state index in [9.17, 15) is 8.42 Å². The largest absolute Gasteiger partial charge is 0.370 e. The Morgan fingerprint density at radius 1 is 0.710 bits per heavy atom. The van der Waals surface area contributed by atoms with Gasteiger partial charge in [0.15, 0.2) is 0 Å². The van der Waals surface area contributed by atoms with Gasteiger partial charge in [-0.15, -0.1) is 0 Å². The Labute approximate surface area is 193 Å². The molecule has 8 heteroatoms. The van der Waals surface area contributed by atoms with Crippen molar-refractivity contribution < 1.29 is 8.42 Å². The van der Waals surface area contributed by atoms with Crippen LogP contribution in [0.5, 0.6) is 0 Å². The smallest absolute Gasteiger partial charge is 0.261 e. The number of sulfonamides is 1. The Morgan fingerprint density at radius 3 is 2.00 bits per heavy atom. The molecule has 0 aliphatic carbocycles. The van der Waals surface area contributed by atoms with Crippen molar-refractivity contribution >= 4 is 50.3 Å². The van der Waals surface area contributed by atoms with Gasteiger partial charge in [0.1, 0.15) is 0 Å². The van der Waals surface area contributed by atoms with E-state index in [0.717, 1.165) is 49.0 Å². The van der Waals surface area contributed by atoms with Crippen LogP contribution >= 0.6 is 23.2 Å². The van der Waals surface area contributed by atoms with Crippen LogP contribution in [0, 0.1) is 0 Å². The molecule has 0 atom stereocenters. The van der Waals surface area contributed by atoms with Crippen LogP contribution in [-0.2, 0) is 10.0 Å². The molecule has 1 N–H and O–H groups in total. The van der Waals surface area contributed by atoms with E-state index in [1.165, 1.54) is 12.1 Å². The highest BCUT2D eigenvalue weighted by Crippen LogP contribution is 2.30. The molecule has 162 valence electrons. The summed E-state index contributed by atoms with van der Waals surface area (Å²) in [6.07, 6.45) is 0.959. The molecule has 3 aromatic carbocycles. The predicted molar refractivity (Wildman–Crippen MR) is 129 cm³/mol. The fraction of sp³-hybridized carbons (Fsp3) is 0.217. The van der Waals surface area contributed by atoms with Gasteiger partial charge in [-0.25, -0.2) is 8.42 Å². The van der Waals surface area contributed by atoms with Crippen molar-refractivity contribution in [3.8, 4) is 0 Å². The van der Waals surface area contributed by atoms with E-state index in [1.807, 2.05) is 42.5 Å². The van der Waals surface area contributed by atoms with Crippen molar-refractivity contribution in [2.45, 2.75) is 11.3 Å². The number of hydrogen-bond donors (Lipinski definition) is 1. The van der Waals surface area contributed by atoms with E-state index in [-0.39, 0.29) is 4.90 Å². The number of rotatable bonds is 5. The van der Waals surface area contributed by atoms with Gasteiger partial charge in [-0.05, 0) is 67.1 Å². The Bertz CT molecular complexity index is 1140. The van der Waals surface area contributed by atoms with Crippen molar-refractivity contribution in [1.82, 2.24) is 0 Å². The summed E-state index contributed by atoms with van der Waals surface area (Å²) < 4.78 is 28.5. The molecule has 0 aromatic heterocycles. The van der Waals surface area contributed by atoms with Gasteiger partial charge >= 0.3 is 0 Å². The lowest BCUT2D eigenvalue weighted by atomic mass is 10.2. The van der Waals surface area contributed by atoms with Gasteiger partial charge < -0.3 is 9.80 Å². The second kappa shape index (κ2) is 9.39. The topological polar surface area (TPSA) is 52.7 Å². The highest BCUT2D eigenvalue weighted by Gasteiger charge is 2.21. The van der Waals surface area contributed by atoms with Gasteiger partial charge in [0.2, 0.25) is 0 Å². The minimum atomic E-state index is -3.72. The molecule has 1 fully saturated rings. The molecule has 0 amide bonds. The number of nitrogens with zero attached hydrogens (tertiary/aromatic N) is 2. The molecule has 31 heavy (non-hydrogen) atoms. The quantitative estimate of drug-likeness (QED) is 0.528. The third-order valence-corrected chi connectivity index (χ3v) is 7.19. The summed E-state index contributed by atoms with van der Waals surface area (Å²) in [6.45, 7) is 3.38. The number of para-hydroxylation sites is 2. The van der Waals surface area contributed by atoms with Gasteiger partial charge in [-0.2, -0.15) is 0 Å². The lowest BCUT2D eigenvalue weighted by molar-refractivity contribution is 0.601. The van der Waals surface area contributed by atoms with Crippen LogP contribution in [0.2, 0.25) is 10.0 Å². The average molecular weight is 476 g/mol. The van der Waals surface area contributed by atoms with E-state index >= 15 is 0 Å². The minimum absolute atomic E-state index is 0.177. The van der Waals surface area contributed by atoms with Crippen molar-refractivity contribution in [2.75, 3.05) is 40.7 Å². The zero-order valence-electron chi connectivity index (χ0n) is 16.8. The molecule has 5 nitrogen and oxygen atoms in total. The Hall–Kier alpha value is -2.41. The van der Waals surface area contributed by atoms with Gasteiger partial charge in [-0.1, -0.05) is 35.3 Å². The Kier molecular flexibility index (Phi) is 6.60. The monoisotopic (exact) mass is 475 g/mol. The molecule has 1 heterocycles. The number of benzene rings is 3. The van der Waals surface area contributed by atoms with Crippen LogP contribution in [0.15, 0.2) is 77.7 Å². The molecule has 4 rings (SSSR count). The van der Waals surface area contributed by atoms with Gasteiger partial charge in [-0.3, -0.25) is 4.72 Å². The summed E-state index contributed by atoms with van der Waals surface area (Å²) in [6, 6.07) is 21.5. The number of halogens is 2. The van der Waals surface area contributed by atoms with E-state index < -0.39 is 10.0 Å². The van der Waals surface area contributed by atoms with Gasteiger partial charge in [0.25, 0.3) is 10.0 Å². The number of hydrogen-bond acceptors (Lipinski definition) is 4. The fourth-order valence-electron chi connectivity index (χ4n) is 3.72. The molecular formula is C23H23Cl2N3O2S. The molecule has 0 radical (unpaired) electrons. The Balaban J connectivity index is 1.53. The molecule has 1 aliphatic heterocycles. The van der Waals surface area contributed by atoms with Gasteiger partial charge in [0, 0.05) is 41.9 Å². The SMILES string of the molecule is O=S(=O)(Nc1ccccc1N1CCCN(c2ccc(Cl)cc2)CC1)c1ccc(Cl)cc1. The van der Waals surface area contributed by atoms with Crippen LogP contribution < -0.4 is 14.5 Å². The third kappa shape index (κ3) is 5.26. The summed E-state index contributed by atoms with van der Waals surface area (Å²) >= 11 is 11.9. The first-order chi connectivity index (χ1) is 14.9. The van der Waals surface area contributed by atoms with Crippen LogP contribution in [0.3, 0.4) is 0 Å². The van der Waals surface area contributed by atoms with E-state index in [4.69, 9.17) is 23.2 Å². The lowest BCUT2D eigenvalue weighted by Gasteiger charge is -2.26. The molecule has 3 aromatic rings. The minimum Gasteiger partial charge on any atom is -0.370 e. The molecule has 0 spiro atoms. The lowest BCUT2D eigenvalue weighted by Crippen LogP contribution is -2.31. The summed E-state index contributed by atoms with van der Waals surface area (Å²) in [5.41, 5.74) is 2.58. The van der Waals surface area contributed by atoms with Crippen LogP contribution in [0.1, 0.15) is 6.42 Å². The zero-order chi connectivity index (χ0) is 21.8. The number of anilines is 3. The van der Waals surface area contributed by atoms with Gasteiger partial charge in [0.05, 0.1) is 16.3 Å². The summed E-state index contributed by atoms with van der Waals surface area (Å²) in [5, 5.41) is 1.22. The summed E-state index contributed by atoms with van der Waals surface area (Å²) in [4.78, 5) is 4.74. The van der Waals surface area contributed by atoms with Crippen LogP contribution in [0.25, 0.3) is 0 Å². The number of nitrogens with one attached hydrogen (secondary N) is 1. The molecule has 1 aliphatic rings. The normalized spacial score (nSPS) is 14.9. The van der Waals surface area contributed by atoms with Crippen LogP contribution in [-0.4, -0.2) is 34.6 Å². The first-order valence-corrected chi connectivity index (χ1v) is 12.3. The van der Waals surface area contributed by atoms with E-state index in [0.29, 0.717) is 10.7 Å². The first-order valence-electron chi connectivity index (χ1n) is 10.1. The van der Waals surface area contributed by atoms with E-state index in [2.05, 4.69) is 14.5 Å². The maximum absolute atomic E-state index is 12.9. The van der Waals surface area contributed by atoms with Crippen LogP contribution in [0.4, 0.5) is 17.1 Å². The summed E-state index contributed by atoms with van der Waals surface area (Å²) in [7, 11) is -3.72. The standard InChI is InChI=1S/C23H23Cl2N3O2S/c24-18-6-10-20(11-7-18)27-14-3-15-28(17-16-27)23-5-2-1-4-22(23)26-31(29,30)21-12-8-19(25)9-13-21/h1-2,4-13,26H,3,14-17H2. The maximum Gasteiger partial charge on any atom is 0.261 e. The maximum atomic E-state index is 12.9. The second-order valence-corrected chi connectivity index (χ2v) is 9.94. The average Bonchev–Trinajstić information content (AvgIpc) is 3.01. The van der Waals surface area contributed by atoms with Crippen molar-refractivity contribution in [3.63, 3.8) is 0 Å². The molecule has 0 unspecified atom stereocenters. The summed E-state index contributed by atoms with van der Waals surface area (Å²) in [5.74, 6) is 0. The first kappa shape index (κ1) is 21.8. The molecule has 1 saturated heterocycles. The van der Waals surface area contributed by atoms with E-state index in [1.54, 1.807) is 18.2 Å². The fourth-order valence-corrected chi connectivity index (χ4v) is 5.05. The zero-order valence-corrected chi connectivity index (χ0v) is 19.2. The predicted octanol–water partition coefficient (Wildman–Crippen LogP) is 5.51. The third-order valence-electron chi connectivity index (χ3n) is 5.30. The van der Waals surface area contributed by atoms with Crippen molar-refractivity contribution in [2.24, 2.45) is 0 Å². The highest BCUT2D eigenvalue weighted by molar-refractivity contribution is 7.92. The molecular weight excluding hydrogens is 453 g/mol. The second-order valence-electron chi connectivity index (χ2n) is 7.38. The van der Waals surface area contributed by atoms with Crippen molar-refractivity contribution in [3.05, 3.63) is 82.8 Å². The van der Waals surface area contributed by atoms with Crippen molar-refractivity contribution in [1.29, 1.82) is 0 Å². The molecule has 0 saturated carbocycles. The highest BCUT2D eigenvalue weighted by atomic mass is 35.5. The molecule has 0 bridgehead atoms.